The molecule has 0 bridgehead atoms. The molecule has 2 atom stereocenters. The van der Waals surface area contributed by atoms with Gasteiger partial charge in [0.2, 0.25) is 0 Å². The van der Waals surface area contributed by atoms with Gasteiger partial charge in [0.15, 0.2) is 6.61 Å². The molecule has 3 aromatic rings. The summed E-state index contributed by atoms with van der Waals surface area (Å²) < 4.78 is 11.0. The van der Waals surface area contributed by atoms with Gasteiger partial charge in [-0.2, -0.15) is 0 Å². The van der Waals surface area contributed by atoms with Crippen LogP contribution in [0.25, 0.3) is 22.1 Å². The topological polar surface area (TPSA) is 112 Å². The van der Waals surface area contributed by atoms with E-state index in [0.29, 0.717) is 33.8 Å². The van der Waals surface area contributed by atoms with Crippen molar-refractivity contribution in [2.45, 2.75) is 38.6 Å². The highest BCUT2D eigenvalue weighted by Gasteiger charge is 2.23. The molecule has 1 aromatic heterocycles. The highest BCUT2D eigenvalue weighted by atomic mass is 16.6. The molecule has 0 saturated heterocycles. The Morgan fingerprint density at radius 2 is 1.91 bits per heavy atom. The van der Waals surface area contributed by atoms with Crippen LogP contribution in [0.1, 0.15) is 32.6 Å². The predicted molar refractivity (Wildman–Crippen MR) is 120 cm³/mol. The summed E-state index contributed by atoms with van der Waals surface area (Å²) in [7, 11) is 0. The zero-order chi connectivity index (χ0) is 22.7. The van der Waals surface area contributed by atoms with Crippen LogP contribution in [0.4, 0.5) is 5.69 Å². The van der Waals surface area contributed by atoms with Gasteiger partial charge in [0.1, 0.15) is 11.3 Å². The fourth-order valence-electron chi connectivity index (χ4n) is 4.16. The number of carbonyl (C=O) groups excluding carboxylic acids is 1. The van der Waals surface area contributed by atoms with Crippen molar-refractivity contribution in [3.63, 3.8) is 0 Å². The van der Waals surface area contributed by atoms with Crippen molar-refractivity contribution in [2.75, 3.05) is 6.61 Å². The molecule has 2 aromatic carbocycles. The lowest BCUT2D eigenvalue weighted by atomic mass is 9.86. The number of hydrogen-bond donors (Lipinski definition) is 1. The van der Waals surface area contributed by atoms with Crippen LogP contribution in [0.5, 0.6) is 5.75 Å². The molecular weight excluding hydrogens is 412 g/mol. The highest BCUT2D eigenvalue weighted by Crippen LogP contribution is 2.31. The van der Waals surface area contributed by atoms with Crippen molar-refractivity contribution in [1.82, 2.24) is 5.32 Å². The van der Waals surface area contributed by atoms with Gasteiger partial charge in [0.25, 0.3) is 11.6 Å². The summed E-state index contributed by atoms with van der Waals surface area (Å²) in [5.41, 5.74) is 0.985. The maximum absolute atomic E-state index is 12.3. The van der Waals surface area contributed by atoms with E-state index in [1.165, 1.54) is 24.6 Å². The minimum Gasteiger partial charge on any atom is -0.484 e. The van der Waals surface area contributed by atoms with E-state index in [1.54, 1.807) is 30.3 Å². The lowest BCUT2D eigenvalue weighted by Crippen LogP contribution is -2.43. The number of fused-ring (bicyclic) bond motifs is 1. The van der Waals surface area contributed by atoms with Crippen LogP contribution in [0, 0.1) is 16.0 Å². The molecule has 32 heavy (non-hydrogen) atoms. The summed E-state index contributed by atoms with van der Waals surface area (Å²) in [4.78, 5) is 34.8. The lowest BCUT2D eigenvalue weighted by Gasteiger charge is -2.29. The Morgan fingerprint density at radius 1 is 1.16 bits per heavy atom. The first-order valence-corrected chi connectivity index (χ1v) is 10.7. The van der Waals surface area contributed by atoms with Crippen LogP contribution in [0.2, 0.25) is 0 Å². The van der Waals surface area contributed by atoms with Crippen molar-refractivity contribution in [1.29, 1.82) is 0 Å². The van der Waals surface area contributed by atoms with Crippen molar-refractivity contribution in [3.05, 3.63) is 69.1 Å². The standard InChI is InChI=1S/C24H24N2O6/c1-15-4-2-3-5-21(15)25-23(27)14-31-18-10-11-19-20(13-24(28)32-22(19)12-18)16-6-8-17(9-7-16)26(29)30/h6-13,15,21H,2-5,14H2,1H3,(H,25,27). The fraction of sp³-hybridized carbons (Fsp3) is 0.333. The SMILES string of the molecule is CC1CCCCC1NC(=O)COc1ccc2c(-c3ccc([N+](=O)[O-])cc3)cc(=O)oc2c1. The van der Waals surface area contributed by atoms with Crippen LogP contribution in [-0.4, -0.2) is 23.5 Å². The van der Waals surface area contributed by atoms with E-state index in [4.69, 9.17) is 9.15 Å². The second-order valence-electron chi connectivity index (χ2n) is 8.17. The third-order valence-electron chi connectivity index (χ3n) is 5.93. The number of hydrogen-bond acceptors (Lipinski definition) is 6. The maximum atomic E-state index is 12.3. The first-order valence-electron chi connectivity index (χ1n) is 10.7. The second-order valence-corrected chi connectivity index (χ2v) is 8.17. The molecule has 0 radical (unpaired) electrons. The number of nitrogens with one attached hydrogen (secondary N) is 1. The summed E-state index contributed by atoms with van der Waals surface area (Å²) in [6.07, 6.45) is 4.43. The molecule has 0 spiro atoms. The Labute approximate surface area is 184 Å². The minimum absolute atomic E-state index is 0.0300. The average molecular weight is 436 g/mol. The molecule has 1 N–H and O–H groups in total. The summed E-state index contributed by atoms with van der Waals surface area (Å²) in [5, 5.41) is 14.6. The van der Waals surface area contributed by atoms with Crippen molar-refractivity contribution in [2.24, 2.45) is 5.92 Å². The molecule has 1 amide bonds. The molecule has 4 rings (SSSR count). The number of amides is 1. The van der Waals surface area contributed by atoms with E-state index in [2.05, 4.69) is 12.2 Å². The number of rotatable bonds is 6. The third-order valence-corrected chi connectivity index (χ3v) is 5.93. The van der Waals surface area contributed by atoms with Gasteiger partial charge in [-0.3, -0.25) is 14.9 Å². The summed E-state index contributed by atoms with van der Waals surface area (Å²) in [5.74, 6) is 0.693. The normalized spacial score (nSPS) is 18.3. The molecule has 8 nitrogen and oxygen atoms in total. The Hall–Kier alpha value is -3.68. The molecule has 1 heterocycles. The first-order chi connectivity index (χ1) is 15.4. The van der Waals surface area contributed by atoms with E-state index in [9.17, 15) is 19.7 Å². The Kier molecular flexibility index (Phi) is 6.20. The molecule has 166 valence electrons. The van der Waals surface area contributed by atoms with E-state index in [-0.39, 0.29) is 24.2 Å². The summed E-state index contributed by atoms with van der Waals surface area (Å²) in [6.45, 7) is 2.03. The number of benzene rings is 2. The fourth-order valence-corrected chi connectivity index (χ4v) is 4.16. The number of nitro groups is 1. The first kappa shape index (κ1) is 21.5. The van der Waals surface area contributed by atoms with E-state index < -0.39 is 10.5 Å². The van der Waals surface area contributed by atoms with E-state index >= 15 is 0 Å². The second kappa shape index (κ2) is 9.21. The number of nitro benzene ring substituents is 1. The van der Waals surface area contributed by atoms with Gasteiger partial charge >= 0.3 is 5.63 Å². The Balaban J connectivity index is 1.51. The molecule has 1 fully saturated rings. The summed E-state index contributed by atoms with van der Waals surface area (Å²) in [6, 6.07) is 12.5. The van der Waals surface area contributed by atoms with Gasteiger partial charge in [0.05, 0.1) is 4.92 Å². The molecule has 2 unspecified atom stereocenters. The summed E-state index contributed by atoms with van der Waals surface area (Å²) >= 11 is 0. The van der Waals surface area contributed by atoms with Gasteiger partial charge in [-0.15, -0.1) is 0 Å². The molecule has 1 saturated carbocycles. The molecule has 1 aliphatic rings. The smallest absolute Gasteiger partial charge is 0.336 e. The average Bonchev–Trinajstić information content (AvgIpc) is 2.78. The van der Waals surface area contributed by atoms with Crippen LogP contribution in [0.3, 0.4) is 0 Å². The third kappa shape index (κ3) is 4.80. The van der Waals surface area contributed by atoms with Crippen LogP contribution >= 0.6 is 0 Å². The van der Waals surface area contributed by atoms with Gasteiger partial charge in [-0.25, -0.2) is 4.79 Å². The molecular formula is C24H24N2O6. The van der Waals surface area contributed by atoms with Gasteiger partial charge in [-0.1, -0.05) is 19.8 Å². The van der Waals surface area contributed by atoms with Gasteiger partial charge < -0.3 is 14.5 Å². The molecule has 1 aliphatic carbocycles. The zero-order valence-corrected chi connectivity index (χ0v) is 17.7. The number of ether oxygens (including phenoxy) is 1. The Morgan fingerprint density at radius 3 is 2.62 bits per heavy atom. The largest absolute Gasteiger partial charge is 0.484 e. The predicted octanol–water partition coefficient (Wildman–Crippen LogP) is 4.44. The van der Waals surface area contributed by atoms with Gasteiger partial charge in [0, 0.05) is 35.7 Å². The van der Waals surface area contributed by atoms with Crippen LogP contribution in [-0.2, 0) is 4.79 Å². The number of carbonyl (C=O) groups is 1. The van der Waals surface area contributed by atoms with Crippen molar-refractivity contribution >= 4 is 22.6 Å². The van der Waals surface area contributed by atoms with Gasteiger partial charge in [-0.05, 0) is 54.2 Å². The molecule has 0 aliphatic heterocycles. The van der Waals surface area contributed by atoms with Crippen molar-refractivity contribution in [3.8, 4) is 16.9 Å². The Bertz CT molecular complexity index is 1200. The quantitative estimate of drug-likeness (QED) is 0.347. The van der Waals surface area contributed by atoms with Crippen LogP contribution in [0.15, 0.2) is 57.7 Å². The van der Waals surface area contributed by atoms with Crippen LogP contribution < -0.4 is 15.7 Å². The molecule has 8 heteroatoms. The monoisotopic (exact) mass is 436 g/mol. The number of non-ortho nitro benzene ring substituents is 1. The van der Waals surface area contributed by atoms with E-state index in [1.807, 2.05) is 0 Å². The lowest BCUT2D eigenvalue weighted by molar-refractivity contribution is -0.384. The maximum Gasteiger partial charge on any atom is 0.336 e. The minimum atomic E-state index is -0.549. The zero-order valence-electron chi connectivity index (χ0n) is 17.7. The van der Waals surface area contributed by atoms with Crippen molar-refractivity contribution < 1.29 is 18.9 Å². The highest BCUT2D eigenvalue weighted by molar-refractivity contribution is 5.94. The van der Waals surface area contributed by atoms with E-state index in [0.717, 1.165) is 19.3 Å². The number of nitrogens with zero attached hydrogens (tertiary/aromatic N) is 1.